The standard InChI is InChI=1S/C12H20O5/c1-2-3-4-5-10(14)16-9-12(8-13)7-6-11(15)17-12/h13H,2-9H2,1H3. The molecule has 0 radical (unpaired) electrons. The topological polar surface area (TPSA) is 72.8 Å². The Labute approximate surface area is 101 Å². The Morgan fingerprint density at radius 2 is 2.29 bits per heavy atom. The lowest BCUT2D eigenvalue weighted by Gasteiger charge is -2.24. The minimum Gasteiger partial charge on any atom is -0.461 e. The average molecular weight is 244 g/mol. The summed E-state index contributed by atoms with van der Waals surface area (Å²) in [5, 5.41) is 9.19. The summed E-state index contributed by atoms with van der Waals surface area (Å²) >= 11 is 0. The number of carbonyl (C=O) groups excluding carboxylic acids is 2. The minimum atomic E-state index is -1.00. The molecule has 17 heavy (non-hydrogen) atoms. The number of hydrogen-bond donors (Lipinski definition) is 1. The zero-order valence-corrected chi connectivity index (χ0v) is 10.2. The van der Waals surface area contributed by atoms with E-state index in [9.17, 15) is 14.7 Å². The first-order valence-electron chi connectivity index (χ1n) is 6.10. The van der Waals surface area contributed by atoms with Crippen LogP contribution >= 0.6 is 0 Å². The highest BCUT2D eigenvalue weighted by Gasteiger charge is 2.41. The van der Waals surface area contributed by atoms with Gasteiger partial charge >= 0.3 is 11.9 Å². The van der Waals surface area contributed by atoms with Gasteiger partial charge in [0.1, 0.15) is 6.61 Å². The summed E-state index contributed by atoms with van der Waals surface area (Å²) in [5.41, 5.74) is -1.00. The normalized spacial score (nSPS) is 23.5. The number of hydrogen-bond acceptors (Lipinski definition) is 5. The second-order valence-corrected chi connectivity index (χ2v) is 4.43. The number of cyclic esters (lactones) is 1. The summed E-state index contributed by atoms with van der Waals surface area (Å²) in [6.07, 6.45) is 3.91. The van der Waals surface area contributed by atoms with Crippen molar-refractivity contribution in [3.8, 4) is 0 Å². The molecule has 0 saturated carbocycles. The highest BCUT2D eigenvalue weighted by molar-refractivity contribution is 5.72. The summed E-state index contributed by atoms with van der Waals surface area (Å²) in [5.74, 6) is -0.643. The molecule has 98 valence electrons. The smallest absolute Gasteiger partial charge is 0.306 e. The number of rotatable bonds is 7. The fourth-order valence-corrected chi connectivity index (χ4v) is 1.74. The third-order valence-electron chi connectivity index (χ3n) is 2.88. The first-order valence-corrected chi connectivity index (χ1v) is 6.10. The molecule has 1 fully saturated rings. The van der Waals surface area contributed by atoms with Crippen molar-refractivity contribution in [2.45, 2.75) is 51.0 Å². The third kappa shape index (κ3) is 4.34. The maximum atomic E-state index is 11.4. The molecule has 0 bridgehead atoms. The van der Waals surface area contributed by atoms with Gasteiger partial charge in [0.2, 0.25) is 0 Å². The molecule has 1 saturated heterocycles. The Kier molecular flexibility index (Phi) is 5.41. The van der Waals surface area contributed by atoms with Gasteiger partial charge in [0.05, 0.1) is 6.61 Å². The van der Waals surface area contributed by atoms with Gasteiger partial charge in [-0.1, -0.05) is 19.8 Å². The van der Waals surface area contributed by atoms with E-state index in [1.54, 1.807) is 0 Å². The first kappa shape index (κ1) is 14.0. The number of aliphatic hydroxyl groups excluding tert-OH is 1. The van der Waals surface area contributed by atoms with Crippen LogP contribution in [-0.2, 0) is 19.1 Å². The zero-order valence-electron chi connectivity index (χ0n) is 10.2. The SMILES string of the molecule is CCCCCC(=O)OCC1(CO)CCC(=O)O1. The quantitative estimate of drug-likeness (QED) is 0.537. The van der Waals surface area contributed by atoms with Crippen molar-refractivity contribution in [3.63, 3.8) is 0 Å². The van der Waals surface area contributed by atoms with E-state index in [0.717, 1.165) is 19.3 Å². The Hall–Kier alpha value is -1.10. The van der Waals surface area contributed by atoms with Gasteiger partial charge in [-0.25, -0.2) is 0 Å². The first-order chi connectivity index (χ1) is 8.12. The molecule has 1 N–H and O–H groups in total. The van der Waals surface area contributed by atoms with Crippen molar-refractivity contribution in [1.82, 2.24) is 0 Å². The van der Waals surface area contributed by atoms with Gasteiger partial charge in [-0.05, 0) is 6.42 Å². The van der Waals surface area contributed by atoms with E-state index >= 15 is 0 Å². The van der Waals surface area contributed by atoms with E-state index in [-0.39, 0.29) is 31.6 Å². The van der Waals surface area contributed by atoms with E-state index in [0.29, 0.717) is 12.8 Å². The molecule has 0 spiro atoms. The van der Waals surface area contributed by atoms with Crippen LogP contribution in [0.4, 0.5) is 0 Å². The molecule has 1 heterocycles. The van der Waals surface area contributed by atoms with Gasteiger partial charge in [-0.15, -0.1) is 0 Å². The van der Waals surface area contributed by atoms with Gasteiger partial charge in [-0.3, -0.25) is 9.59 Å². The molecule has 5 heteroatoms. The second-order valence-electron chi connectivity index (χ2n) is 4.43. The van der Waals surface area contributed by atoms with Crippen molar-refractivity contribution >= 4 is 11.9 Å². The number of carbonyl (C=O) groups is 2. The third-order valence-corrected chi connectivity index (χ3v) is 2.88. The van der Waals surface area contributed by atoms with Gasteiger partial charge < -0.3 is 14.6 Å². The molecular weight excluding hydrogens is 224 g/mol. The Morgan fingerprint density at radius 3 is 2.82 bits per heavy atom. The van der Waals surface area contributed by atoms with Crippen LogP contribution in [0, 0.1) is 0 Å². The van der Waals surface area contributed by atoms with Crippen LogP contribution in [0.2, 0.25) is 0 Å². The van der Waals surface area contributed by atoms with Crippen molar-refractivity contribution < 1.29 is 24.2 Å². The highest BCUT2D eigenvalue weighted by atomic mass is 16.6. The molecule has 0 aliphatic carbocycles. The number of esters is 2. The summed E-state index contributed by atoms with van der Waals surface area (Å²) in [6, 6.07) is 0. The van der Waals surface area contributed by atoms with Gasteiger partial charge in [0.25, 0.3) is 0 Å². The molecule has 1 aliphatic heterocycles. The van der Waals surface area contributed by atoms with Crippen LogP contribution in [0.1, 0.15) is 45.4 Å². The zero-order chi connectivity index (χ0) is 12.7. The lowest BCUT2D eigenvalue weighted by atomic mass is 10.0. The van der Waals surface area contributed by atoms with Crippen molar-refractivity contribution in [2.24, 2.45) is 0 Å². The van der Waals surface area contributed by atoms with Gasteiger partial charge in [0.15, 0.2) is 5.60 Å². The Morgan fingerprint density at radius 1 is 1.53 bits per heavy atom. The minimum absolute atomic E-state index is 0.0415. The Balaban J connectivity index is 2.28. The van der Waals surface area contributed by atoms with Crippen molar-refractivity contribution in [1.29, 1.82) is 0 Å². The maximum absolute atomic E-state index is 11.4. The van der Waals surface area contributed by atoms with Crippen molar-refractivity contribution in [3.05, 3.63) is 0 Å². The van der Waals surface area contributed by atoms with Crippen LogP contribution in [0.25, 0.3) is 0 Å². The van der Waals surface area contributed by atoms with Crippen LogP contribution in [0.15, 0.2) is 0 Å². The van der Waals surface area contributed by atoms with Crippen molar-refractivity contribution in [2.75, 3.05) is 13.2 Å². The largest absolute Gasteiger partial charge is 0.461 e. The molecular formula is C12H20O5. The molecule has 0 aromatic heterocycles. The maximum Gasteiger partial charge on any atom is 0.306 e. The fraction of sp³-hybridized carbons (Fsp3) is 0.833. The number of ether oxygens (including phenoxy) is 2. The molecule has 1 aliphatic rings. The van der Waals surface area contributed by atoms with E-state index in [1.807, 2.05) is 0 Å². The van der Waals surface area contributed by atoms with E-state index in [4.69, 9.17) is 9.47 Å². The lowest BCUT2D eigenvalue weighted by Crippen LogP contribution is -2.39. The van der Waals surface area contributed by atoms with E-state index < -0.39 is 5.60 Å². The molecule has 1 unspecified atom stereocenters. The molecule has 0 amide bonds. The summed E-state index contributed by atoms with van der Waals surface area (Å²) in [4.78, 5) is 22.4. The van der Waals surface area contributed by atoms with Gasteiger partial charge in [0, 0.05) is 19.3 Å². The van der Waals surface area contributed by atoms with E-state index in [2.05, 4.69) is 6.92 Å². The summed E-state index contributed by atoms with van der Waals surface area (Å²) < 4.78 is 10.0. The monoisotopic (exact) mass is 244 g/mol. The number of aliphatic hydroxyl groups is 1. The van der Waals surface area contributed by atoms with E-state index in [1.165, 1.54) is 0 Å². The molecule has 1 atom stereocenters. The second kappa shape index (κ2) is 6.59. The molecule has 5 nitrogen and oxygen atoms in total. The van der Waals surface area contributed by atoms with Gasteiger partial charge in [-0.2, -0.15) is 0 Å². The Bertz CT molecular complexity index is 276. The van der Waals surface area contributed by atoms with Crippen LogP contribution < -0.4 is 0 Å². The molecule has 0 aromatic carbocycles. The van der Waals surface area contributed by atoms with Crippen LogP contribution in [0.3, 0.4) is 0 Å². The summed E-state index contributed by atoms with van der Waals surface area (Å²) in [6.45, 7) is 1.71. The molecule has 0 aromatic rings. The predicted octanol–water partition coefficient (Wildman–Crippen LogP) is 1.18. The average Bonchev–Trinajstić information content (AvgIpc) is 2.70. The number of unbranched alkanes of at least 4 members (excludes halogenated alkanes) is 2. The highest BCUT2D eigenvalue weighted by Crippen LogP contribution is 2.26. The predicted molar refractivity (Wildman–Crippen MR) is 60.2 cm³/mol. The van der Waals surface area contributed by atoms with Crippen LogP contribution in [0.5, 0.6) is 0 Å². The summed E-state index contributed by atoms with van der Waals surface area (Å²) in [7, 11) is 0. The lowest BCUT2D eigenvalue weighted by molar-refractivity contribution is -0.166. The fourth-order valence-electron chi connectivity index (χ4n) is 1.74. The molecule has 1 rings (SSSR count). The van der Waals surface area contributed by atoms with Crippen LogP contribution in [-0.4, -0.2) is 35.9 Å².